The molecule has 10 aromatic rings. The van der Waals surface area contributed by atoms with Gasteiger partial charge in [0.2, 0.25) is 0 Å². The summed E-state index contributed by atoms with van der Waals surface area (Å²) in [5.41, 5.74) is 24.8. The van der Waals surface area contributed by atoms with Crippen LogP contribution in [0.4, 0.5) is 85.3 Å². The average molecular weight is 866 g/mol. The van der Waals surface area contributed by atoms with Crippen LogP contribution in [0.15, 0.2) is 224 Å². The first-order valence-corrected chi connectivity index (χ1v) is 23.5. The molecule has 0 bridgehead atoms. The van der Waals surface area contributed by atoms with Crippen molar-refractivity contribution in [3.05, 3.63) is 224 Å². The molecule has 0 saturated heterocycles. The van der Waals surface area contributed by atoms with Crippen molar-refractivity contribution in [3.63, 3.8) is 0 Å². The van der Waals surface area contributed by atoms with Crippen molar-refractivity contribution in [1.82, 2.24) is 0 Å². The molecule has 8 heteroatoms. The van der Waals surface area contributed by atoms with Crippen molar-refractivity contribution in [2.24, 2.45) is 0 Å². The zero-order chi connectivity index (χ0) is 44.2. The highest BCUT2D eigenvalue weighted by atomic mass is 16.5. The maximum atomic E-state index is 7.32. The summed E-state index contributed by atoms with van der Waals surface area (Å²) < 4.78 is 7.32. The molecule has 6 heterocycles. The Morgan fingerprint density at radius 3 is 1.21 bits per heavy atom. The van der Waals surface area contributed by atoms with Gasteiger partial charge in [-0.05, 0) is 130 Å². The van der Waals surface area contributed by atoms with Crippen molar-refractivity contribution in [1.29, 1.82) is 0 Å². The second-order valence-corrected chi connectivity index (χ2v) is 18.4. The first-order chi connectivity index (χ1) is 33.8. The monoisotopic (exact) mass is 865 g/mol. The van der Waals surface area contributed by atoms with E-state index < -0.39 is 0 Å². The van der Waals surface area contributed by atoms with Crippen molar-refractivity contribution < 1.29 is 4.74 Å². The standard InChI is InChI=1S/C60H37B2N5O/c1-4-18-38(19-5-1)63-45-27-13-10-24-41(45)61-42-25-11-15-29-47(42)67-53-36-44-56(37-54(53)65(40-22-8-3-9-23-40)51-33-32-50(63)57(61)59(51)67)68-55-35-34-52-60-58(55)62(44)43-26-12-14-28-46(43)66(60)49-31-17-16-30-48(49)64(52)39-20-6-2-7-21-39/h1-37H. The highest BCUT2D eigenvalue weighted by Crippen LogP contribution is 2.59. The largest absolute Gasteiger partial charge is 0.458 e. The van der Waals surface area contributed by atoms with E-state index in [1.54, 1.807) is 0 Å². The van der Waals surface area contributed by atoms with Crippen LogP contribution >= 0.6 is 0 Å². The Bertz CT molecular complexity index is 3790. The van der Waals surface area contributed by atoms with Gasteiger partial charge in [0, 0.05) is 45.9 Å². The van der Waals surface area contributed by atoms with Crippen LogP contribution in [0, 0.1) is 0 Å². The molecule has 0 N–H and O–H groups in total. The molecule has 0 aromatic heterocycles. The zero-order valence-electron chi connectivity index (χ0n) is 36.7. The predicted molar refractivity (Wildman–Crippen MR) is 283 cm³/mol. The minimum absolute atomic E-state index is 0.0220. The molecule has 16 rings (SSSR count). The van der Waals surface area contributed by atoms with Gasteiger partial charge in [0.1, 0.15) is 11.5 Å². The highest BCUT2D eigenvalue weighted by molar-refractivity contribution is 7.01. The fourth-order valence-electron chi connectivity index (χ4n) is 12.5. The van der Waals surface area contributed by atoms with Gasteiger partial charge in [-0.15, -0.1) is 0 Å². The maximum Gasteiger partial charge on any atom is 0.256 e. The van der Waals surface area contributed by atoms with E-state index in [9.17, 15) is 0 Å². The Morgan fingerprint density at radius 2 is 0.632 bits per heavy atom. The third-order valence-electron chi connectivity index (χ3n) is 15.1. The molecule has 10 aromatic carbocycles. The van der Waals surface area contributed by atoms with E-state index in [0.717, 1.165) is 73.8 Å². The lowest BCUT2D eigenvalue weighted by Gasteiger charge is -2.49. The molecule has 68 heavy (non-hydrogen) atoms. The second kappa shape index (κ2) is 13.4. The van der Waals surface area contributed by atoms with Gasteiger partial charge in [0.15, 0.2) is 0 Å². The van der Waals surface area contributed by atoms with Crippen LogP contribution in [0.3, 0.4) is 0 Å². The predicted octanol–water partition coefficient (Wildman–Crippen LogP) is 11.7. The molecular formula is C60H37B2N5O. The summed E-state index contributed by atoms with van der Waals surface area (Å²) in [6.07, 6.45) is 0. The number of benzene rings is 10. The minimum Gasteiger partial charge on any atom is -0.458 e. The van der Waals surface area contributed by atoms with Crippen LogP contribution in [0.25, 0.3) is 0 Å². The first-order valence-electron chi connectivity index (χ1n) is 23.5. The molecule has 0 saturated carbocycles. The topological polar surface area (TPSA) is 25.4 Å². The summed E-state index contributed by atoms with van der Waals surface area (Å²) in [5, 5.41) is 0. The van der Waals surface area contributed by atoms with Gasteiger partial charge in [0.05, 0.1) is 45.5 Å². The summed E-state index contributed by atoms with van der Waals surface area (Å²) in [4.78, 5) is 12.4. The fourth-order valence-corrected chi connectivity index (χ4v) is 12.5. The lowest BCUT2D eigenvalue weighted by atomic mass is 9.33. The molecule has 0 unspecified atom stereocenters. The molecule has 6 nitrogen and oxygen atoms in total. The fraction of sp³-hybridized carbons (Fsp3) is 0. The Kier molecular flexibility index (Phi) is 7.15. The number of rotatable bonds is 3. The second-order valence-electron chi connectivity index (χ2n) is 18.4. The molecule has 0 atom stereocenters. The normalized spacial score (nSPS) is 14.4. The van der Waals surface area contributed by atoms with Gasteiger partial charge >= 0.3 is 0 Å². The Hall–Kier alpha value is -8.87. The van der Waals surface area contributed by atoms with E-state index in [4.69, 9.17) is 4.74 Å². The number of para-hydroxylation sites is 8. The molecule has 0 fully saturated rings. The summed E-state index contributed by atoms with van der Waals surface area (Å²) in [6.45, 7) is -0.0810. The number of anilines is 15. The number of hydrogen-bond donors (Lipinski definition) is 0. The van der Waals surface area contributed by atoms with E-state index in [0.29, 0.717) is 0 Å². The number of nitrogens with zero attached hydrogens (tertiary/aromatic N) is 5. The van der Waals surface area contributed by atoms with E-state index >= 15 is 0 Å². The summed E-state index contributed by atoms with van der Waals surface area (Å²) >= 11 is 0. The van der Waals surface area contributed by atoms with Crippen LogP contribution < -0.4 is 62.0 Å². The van der Waals surface area contributed by atoms with E-state index in [2.05, 4.69) is 249 Å². The van der Waals surface area contributed by atoms with Crippen LogP contribution in [0.1, 0.15) is 0 Å². The molecule has 6 aliphatic rings. The van der Waals surface area contributed by atoms with E-state index in [-0.39, 0.29) is 13.4 Å². The summed E-state index contributed by atoms with van der Waals surface area (Å²) in [7, 11) is 0. The average Bonchev–Trinajstić information content (AvgIpc) is 3.41. The third-order valence-corrected chi connectivity index (χ3v) is 15.1. The van der Waals surface area contributed by atoms with Crippen molar-refractivity contribution in [2.45, 2.75) is 0 Å². The maximum absolute atomic E-state index is 7.32. The SMILES string of the molecule is c1ccc(N2c3ccccc3B3c4ccccc4N4c5cc6c(cc5N(c5ccccc5)c5ccc2c3c54)Oc2ccc3c4c2B6c2ccccc2N4c2ccccc2N3c2ccccc2)cc1. The number of ether oxygens (including phenoxy) is 1. The Morgan fingerprint density at radius 1 is 0.250 bits per heavy atom. The van der Waals surface area contributed by atoms with Gasteiger partial charge in [-0.2, -0.15) is 0 Å². The van der Waals surface area contributed by atoms with Gasteiger partial charge in [-0.25, -0.2) is 0 Å². The quantitative estimate of drug-likeness (QED) is 0.164. The van der Waals surface area contributed by atoms with Gasteiger partial charge < -0.3 is 29.2 Å². The van der Waals surface area contributed by atoms with Crippen LogP contribution in [0.2, 0.25) is 0 Å². The first kappa shape index (κ1) is 36.4. The van der Waals surface area contributed by atoms with Crippen molar-refractivity contribution >= 4 is 132 Å². The molecule has 314 valence electrons. The third kappa shape index (κ3) is 4.63. The van der Waals surface area contributed by atoms with Gasteiger partial charge in [-0.1, -0.05) is 121 Å². The molecule has 0 spiro atoms. The zero-order valence-corrected chi connectivity index (χ0v) is 36.7. The lowest BCUT2D eigenvalue weighted by molar-refractivity contribution is 0.487. The molecular weight excluding hydrogens is 828 g/mol. The number of hydrogen-bond acceptors (Lipinski definition) is 6. The Balaban J connectivity index is 0.982. The lowest BCUT2D eigenvalue weighted by Crippen LogP contribution is -2.62. The van der Waals surface area contributed by atoms with Gasteiger partial charge in [-0.3, -0.25) is 0 Å². The van der Waals surface area contributed by atoms with Gasteiger partial charge in [0.25, 0.3) is 13.4 Å². The van der Waals surface area contributed by atoms with E-state index in [1.807, 2.05) is 0 Å². The molecule has 0 radical (unpaired) electrons. The van der Waals surface area contributed by atoms with Crippen LogP contribution in [0.5, 0.6) is 11.5 Å². The summed E-state index contributed by atoms with van der Waals surface area (Å²) in [5.74, 6) is 1.76. The molecule has 0 amide bonds. The minimum atomic E-state index is -0.103. The Labute approximate surface area is 394 Å². The molecule has 0 aliphatic carbocycles. The van der Waals surface area contributed by atoms with Crippen molar-refractivity contribution in [2.75, 3.05) is 24.5 Å². The summed E-state index contributed by atoms with van der Waals surface area (Å²) in [6, 6.07) is 82.3. The smallest absolute Gasteiger partial charge is 0.256 e. The molecule has 6 aliphatic heterocycles. The van der Waals surface area contributed by atoms with Crippen molar-refractivity contribution in [3.8, 4) is 11.5 Å². The van der Waals surface area contributed by atoms with Crippen LogP contribution in [-0.4, -0.2) is 13.4 Å². The number of fused-ring (bicyclic) bond motifs is 14. The van der Waals surface area contributed by atoms with Crippen LogP contribution in [-0.2, 0) is 0 Å². The van der Waals surface area contributed by atoms with E-state index in [1.165, 1.54) is 55.8 Å². The highest BCUT2D eigenvalue weighted by Gasteiger charge is 2.50.